The number of nitrogens with zero attached hydrogens (tertiary/aromatic N) is 3. The zero-order chi connectivity index (χ0) is 19.4. The Bertz CT molecular complexity index is 1250. The number of halogens is 1. The van der Waals surface area contributed by atoms with Crippen molar-refractivity contribution in [2.75, 3.05) is 5.32 Å². The van der Waals surface area contributed by atoms with Crippen LogP contribution in [0.15, 0.2) is 82.4 Å². The number of para-hydroxylation sites is 1. The number of ether oxygens (including phenoxy) is 1. The summed E-state index contributed by atoms with van der Waals surface area (Å²) in [6.45, 7) is 0. The van der Waals surface area contributed by atoms with Crippen LogP contribution in [-0.2, 0) is 0 Å². The third-order valence-corrected chi connectivity index (χ3v) is 6.70. The molecule has 0 radical (unpaired) electrons. The molecule has 29 heavy (non-hydrogen) atoms. The summed E-state index contributed by atoms with van der Waals surface area (Å²) in [6, 6.07) is 20.6. The summed E-state index contributed by atoms with van der Waals surface area (Å²) in [4.78, 5) is 5.66. The molecule has 0 saturated carbocycles. The van der Waals surface area contributed by atoms with Gasteiger partial charge in [0.05, 0.1) is 5.70 Å². The molecule has 6 rings (SSSR count). The summed E-state index contributed by atoms with van der Waals surface area (Å²) >= 11 is 5.33. The van der Waals surface area contributed by atoms with Crippen LogP contribution in [0.2, 0.25) is 0 Å². The fourth-order valence-corrected chi connectivity index (χ4v) is 5.33. The lowest BCUT2D eigenvalue weighted by molar-refractivity contribution is 0.223. The molecule has 2 aromatic heterocycles. The van der Waals surface area contributed by atoms with E-state index in [9.17, 15) is 0 Å². The first-order valence-electron chi connectivity index (χ1n) is 9.25. The SMILES string of the molecule is Brc1cccc([C@@H]2Oc3ccccc3C3=C2[C@@H](c2cccs2)n2ncnc2N3)c1. The van der Waals surface area contributed by atoms with E-state index in [-0.39, 0.29) is 12.1 Å². The van der Waals surface area contributed by atoms with Gasteiger partial charge in [0, 0.05) is 20.5 Å². The topological polar surface area (TPSA) is 52.0 Å². The van der Waals surface area contributed by atoms with Gasteiger partial charge in [-0.3, -0.25) is 0 Å². The first-order chi connectivity index (χ1) is 14.3. The van der Waals surface area contributed by atoms with Crippen molar-refractivity contribution in [3.8, 4) is 5.75 Å². The van der Waals surface area contributed by atoms with E-state index >= 15 is 0 Å². The van der Waals surface area contributed by atoms with Gasteiger partial charge in [-0.15, -0.1) is 11.3 Å². The predicted molar refractivity (Wildman–Crippen MR) is 117 cm³/mol. The molecule has 142 valence electrons. The van der Waals surface area contributed by atoms with Gasteiger partial charge in [-0.1, -0.05) is 46.3 Å². The Morgan fingerprint density at radius 2 is 2.00 bits per heavy atom. The van der Waals surface area contributed by atoms with Gasteiger partial charge in [0.25, 0.3) is 0 Å². The Hall–Kier alpha value is -2.90. The Morgan fingerprint density at radius 1 is 1.07 bits per heavy atom. The van der Waals surface area contributed by atoms with Gasteiger partial charge in [0.15, 0.2) is 0 Å². The lowest BCUT2D eigenvalue weighted by atomic mass is 9.87. The summed E-state index contributed by atoms with van der Waals surface area (Å²) in [5.41, 5.74) is 4.33. The van der Waals surface area contributed by atoms with Crippen LogP contribution in [0.1, 0.15) is 28.1 Å². The standard InChI is InChI=1S/C22H15BrN4OS/c23-14-6-3-5-13(11-14)21-18-19(15-7-1-2-8-16(15)28-21)26-22-24-12-25-27(22)20(18)17-9-4-10-29-17/h1-12,20-21H,(H,24,25,26)/t20-,21+/m1/s1. The van der Waals surface area contributed by atoms with Crippen LogP contribution in [0.5, 0.6) is 5.75 Å². The van der Waals surface area contributed by atoms with Crippen molar-refractivity contribution < 1.29 is 4.74 Å². The number of nitrogens with one attached hydrogen (secondary N) is 1. The molecular weight excluding hydrogens is 448 g/mol. The Kier molecular flexibility index (Phi) is 3.85. The van der Waals surface area contributed by atoms with Crippen molar-refractivity contribution in [1.29, 1.82) is 0 Å². The molecule has 2 aliphatic rings. The highest BCUT2D eigenvalue weighted by Crippen LogP contribution is 2.51. The average molecular weight is 463 g/mol. The molecule has 0 aliphatic carbocycles. The average Bonchev–Trinajstić information content (AvgIpc) is 3.43. The van der Waals surface area contributed by atoms with Crippen molar-refractivity contribution in [3.05, 3.63) is 98.4 Å². The van der Waals surface area contributed by atoms with Gasteiger partial charge in [-0.05, 0) is 41.3 Å². The summed E-state index contributed by atoms with van der Waals surface area (Å²) in [5.74, 6) is 1.61. The Morgan fingerprint density at radius 3 is 2.86 bits per heavy atom. The van der Waals surface area contributed by atoms with Crippen LogP contribution in [0.25, 0.3) is 5.70 Å². The van der Waals surface area contributed by atoms with Crippen LogP contribution in [0.3, 0.4) is 0 Å². The van der Waals surface area contributed by atoms with E-state index in [4.69, 9.17) is 4.74 Å². The summed E-state index contributed by atoms with van der Waals surface area (Å²) < 4.78 is 9.56. The molecule has 0 saturated heterocycles. The van der Waals surface area contributed by atoms with Crippen molar-refractivity contribution in [1.82, 2.24) is 14.8 Å². The van der Waals surface area contributed by atoms with E-state index in [0.29, 0.717) is 0 Å². The molecule has 5 nitrogen and oxygen atoms in total. The van der Waals surface area contributed by atoms with Gasteiger partial charge in [-0.25, -0.2) is 4.68 Å². The van der Waals surface area contributed by atoms with E-state index < -0.39 is 0 Å². The zero-order valence-electron chi connectivity index (χ0n) is 15.1. The highest BCUT2D eigenvalue weighted by Gasteiger charge is 2.41. The van der Waals surface area contributed by atoms with E-state index in [1.54, 1.807) is 17.7 Å². The second kappa shape index (κ2) is 6.57. The predicted octanol–water partition coefficient (Wildman–Crippen LogP) is 5.66. The van der Waals surface area contributed by atoms with Crippen molar-refractivity contribution in [2.45, 2.75) is 12.1 Å². The summed E-state index contributed by atoms with van der Waals surface area (Å²) in [5, 5.41) is 10.2. The molecule has 4 heterocycles. The number of hydrogen-bond donors (Lipinski definition) is 1. The largest absolute Gasteiger partial charge is 0.480 e. The second-order valence-corrected chi connectivity index (χ2v) is 8.85. The maximum atomic E-state index is 6.59. The fourth-order valence-electron chi connectivity index (χ4n) is 4.08. The van der Waals surface area contributed by atoms with E-state index in [1.165, 1.54) is 4.88 Å². The molecule has 0 fully saturated rings. The van der Waals surface area contributed by atoms with Crippen molar-refractivity contribution in [3.63, 3.8) is 0 Å². The van der Waals surface area contributed by atoms with Crippen molar-refractivity contribution >= 4 is 38.9 Å². The minimum atomic E-state index is -0.241. The third-order valence-electron chi connectivity index (χ3n) is 5.29. The molecule has 2 atom stereocenters. The lowest BCUT2D eigenvalue weighted by Crippen LogP contribution is -2.32. The van der Waals surface area contributed by atoms with E-state index in [2.05, 4.69) is 67.0 Å². The minimum Gasteiger partial charge on any atom is -0.480 e. The summed E-state index contributed by atoms with van der Waals surface area (Å²) in [6.07, 6.45) is 1.36. The van der Waals surface area contributed by atoms with E-state index in [0.717, 1.165) is 38.6 Å². The van der Waals surface area contributed by atoms with Gasteiger partial charge in [0.2, 0.25) is 5.95 Å². The molecule has 0 unspecified atom stereocenters. The highest BCUT2D eigenvalue weighted by molar-refractivity contribution is 9.10. The molecule has 4 aromatic rings. The Balaban J connectivity index is 1.64. The van der Waals surface area contributed by atoms with Gasteiger partial charge < -0.3 is 10.1 Å². The lowest BCUT2D eigenvalue weighted by Gasteiger charge is -2.38. The minimum absolute atomic E-state index is 0.0823. The third kappa shape index (κ3) is 2.65. The number of benzene rings is 2. The number of thiophene rings is 1. The first kappa shape index (κ1) is 17.0. The molecule has 0 spiro atoms. The first-order valence-corrected chi connectivity index (χ1v) is 10.9. The van der Waals surface area contributed by atoms with Crippen molar-refractivity contribution in [2.24, 2.45) is 0 Å². The van der Waals surface area contributed by atoms with Gasteiger partial charge >= 0.3 is 0 Å². The molecule has 2 aromatic carbocycles. The van der Waals surface area contributed by atoms with E-state index in [1.807, 2.05) is 35.0 Å². The zero-order valence-corrected chi connectivity index (χ0v) is 17.5. The fraction of sp³-hybridized carbons (Fsp3) is 0.0909. The van der Waals surface area contributed by atoms with Gasteiger partial charge in [-0.2, -0.15) is 10.1 Å². The summed E-state index contributed by atoms with van der Waals surface area (Å²) in [7, 11) is 0. The number of fused-ring (bicyclic) bond motifs is 3. The molecule has 2 aliphatic heterocycles. The molecule has 0 amide bonds. The van der Waals surface area contributed by atoms with Crippen LogP contribution in [0, 0.1) is 0 Å². The number of rotatable bonds is 2. The van der Waals surface area contributed by atoms with Crippen LogP contribution < -0.4 is 10.1 Å². The highest BCUT2D eigenvalue weighted by atomic mass is 79.9. The quantitative estimate of drug-likeness (QED) is 0.417. The maximum Gasteiger partial charge on any atom is 0.226 e. The number of hydrogen-bond acceptors (Lipinski definition) is 5. The monoisotopic (exact) mass is 462 g/mol. The van der Waals surface area contributed by atoms with Crippen LogP contribution >= 0.6 is 27.3 Å². The maximum absolute atomic E-state index is 6.59. The second-order valence-electron chi connectivity index (χ2n) is 6.95. The molecular formula is C22H15BrN4OS. The molecule has 1 N–H and O–H groups in total. The number of anilines is 1. The normalized spacial score (nSPS) is 19.6. The Labute approximate surface area is 179 Å². The number of aromatic nitrogens is 3. The van der Waals surface area contributed by atoms with Crippen LogP contribution in [-0.4, -0.2) is 14.8 Å². The van der Waals surface area contributed by atoms with Crippen LogP contribution in [0.4, 0.5) is 5.95 Å². The molecule has 0 bridgehead atoms. The molecule has 7 heteroatoms. The smallest absolute Gasteiger partial charge is 0.226 e. The van der Waals surface area contributed by atoms with Gasteiger partial charge in [0.1, 0.15) is 24.2 Å².